The molecule has 0 saturated carbocycles. The average molecular weight is 271 g/mol. The minimum Gasteiger partial charge on any atom is -0.434 e. The van der Waals surface area contributed by atoms with E-state index in [0.717, 1.165) is 0 Å². The van der Waals surface area contributed by atoms with Gasteiger partial charge >= 0.3 is 6.61 Å². The second kappa shape index (κ2) is 4.77. The van der Waals surface area contributed by atoms with Crippen molar-refractivity contribution in [3.05, 3.63) is 28.8 Å². The molecule has 0 aliphatic rings. The molecule has 1 rings (SSSR count). The summed E-state index contributed by atoms with van der Waals surface area (Å²) in [5, 5.41) is 0.826. The second-order valence-electron chi connectivity index (χ2n) is 2.26. The Morgan fingerprint density at radius 2 is 2.15 bits per heavy atom. The summed E-state index contributed by atoms with van der Waals surface area (Å²) >= 11 is 8.77. The van der Waals surface area contributed by atoms with Gasteiger partial charge in [0.1, 0.15) is 5.75 Å². The molecule has 0 N–H and O–H groups in total. The number of alkyl halides is 3. The van der Waals surface area contributed by atoms with Crippen LogP contribution in [0.3, 0.4) is 0 Å². The van der Waals surface area contributed by atoms with Gasteiger partial charge in [-0.05, 0) is 12.1 Å². The lowest BCUT2D eigenvalue weighted by Gasteiger charge is -2.08. The number of halogens is 4. The van der Waals surface area contributed by atoms with Crippen LogP contribution in [0.15, 0.2) is 18.2 Å². The molecule has 0 fully saturated rings. The molecule has 0 aliphatic carbocycles. The highest BCUT2D eigenvalue weighted by molar-refractivity contribution is 9.08. The first-order chi connectivity index (χ1) is 6.13. The molecule has 0 atom stereocenters. The van der Waals surface area contributed by atoms with Crippen molar-refractivity contribution in [2.45, 2.75) is 11.9 Å². The Bertz CT molecular complexity index is 293. The molecule has 0 aliphatic heterocycles. The molecule has 13 heavy (non-hydrogen) atoms. The highest BCUT2D eigenvalue weighted by Gasteiger charge is 2.09. The third-order valence-electron chi connectivity index (χ3n) is 1.39. The van der Waals surface area contributed by atoms with Gasteiger partial charge in [0.25, 0.3) is 0 Å². The van der Waals surface area contributed by atoms with E-state index in [1.807, 2.05) is 0 Å². The van der Waals surface area contributed by atoms with Crippen LogP contribution in [0.2, 0.25) is 5.02 Å². The lowest BCUT2D eigenvalue weighted by Crippen LogP contribution is -2.03. The van der Waals surface area contributed by atoms with E-state index < -0.39 is 6.61 Å². The van der Waals surface area contributed by atoms with Crippen molar-refractivity contribution >= 4 is 27.5 Å². The van der Waals surface area contributed by atoms with Crippen LogP contribution in [0.1, 0.15) is 5.56 Å². The van der Waals surface area contributed by atoms with Crippen LogP contribution in [0.25, 0.3) is 0 Å². The fourth-order valence-corrected chi connectivity index (χ4v) is 1.47. The van der Waals surface area contributed by atoms with E-state index in [-0.39, 0.29) is 5.75 Å². The van der Waals surface area contributed by atoms with Gasteiger partial charge in [-0.25, -0.2) is 0 Å². The topological polar surface area (TPSA) is 9.23 Å². The van der Waals surface area contributed by atoms with Crippen LogP contribution in [0.4, 0.5) is 8.78 Å². The van der Waals surface area contributed by atoms with Crippen LogP contribution in [0, 0.1) is 0 Å². The Labute approximate surface area is 87.8 Å². The van der Waals surface area contributed by atoms with Crippen molar-refractivity contribution in [2.24, 2.45) is 0 Å². The van der Waals surface area contributed by atoms with Crippen molar-refractivity contribution in [3.8, 4) is 5.75 Å². The van der Waals surface area contributed by atoms with Crippen LogP contribution >= 0.6 is 27.5 Å². The van der Waals surface area contributed by atoms with Gasteiger partial charge in [0, 0.05) is 15.9 Å². The molecule has 72 valence electrons. The van der Waals surface area contributed by atoms with E-state index in [4.69, 9.17) is 11.6 Å². The Kier molecular flexibility index (Phi) is 3.93. The van der Waals surface area contributed by atoms with Gasteiger partial charge in [-0.3, -0.25) is 0 Å². The summed E-state index contributed by atoms with van der Waals surface area (Å²) in [6.45, 7) is -2.82. The van der Waals surface area contributed by atoms with Gasteiger partial charge in [-0.15, -0.1) is 0 Å². The number of benzene rings is 1. The van der Waals surface area contributed by atoms with Crippen LogP contribution in [-0.2, 0) is 5.33 Å². The Morgan fingerprint density at radius 3 is 2.69 bits per heavy atom. The van der Waals surface area contributed by atoms with Crippen LogP contribution < -0.4 is 4.74 Å². The fraction of sp³-hybridized carbons (Fsp3) is 0.250. The van der Waals surface area contributed by atoms with Gasteiger partial charge < -0.3 is 4.74 Å². The molecule has 5 heteroatoms. The van der Waals surface area contributed by atoms with Crippen LogP contribution in [0.5, 0.6) is 5.75 Å². The largest absolute Gasteiger partial charge is 0.434 e. The first-order valence-electron chi connectivity index (χ1n) is 3.42. The predicted octanol–water partition coefficient (Wildman–Crippen LogP) is 3.84. The smallest absolute Gasteiger partial charge is 0.387 e. The maximum Gasteiger partial charge on any atom is 0.387 e. The minimum absolute atomic E-state index is 0.111. The number of ether oxygens (including phenoxy) is 1. The normalized spacial score (nSPS) is 10.5. The fourth-order valence-electron chi connectivity index (χ4n) is 0.844. The summed E-state index contributed by atoms with van der Waals surface area (Å²) in [5.74, 6) is 0.111. The van der Waals surface area contributed by atoms with Gasteiger partial charge in [0.2, 0.25) is 0 Å². The quantitative estimate of drug-likeness (QED) is 0.759. The summed E-state index contributed by atoms with van der Waals surface area (Å²) in [7, 11) is 0. The highest BCUT2D eigenvalue weighted by Crippen LogP contribution is 2.26. The van der Waals surface area contributed by atoms with Crippen molar-refractivity contribution in [2.75, 3.05) is 0 Å². The molecule has 0 bridgehead atoms. The van der Waals surface area contributed by atoms with E-state index >= 15 is 0 Å². The molecule has 0 saturated heterocycles. The molecule has 1 aromatic carbocycles. The Balaban J connectivity index is 2.94. The number of rotatable bonds is 3. The Hall–Kier alpha value is -0.350. The van der Waals surface area contributed by atoms with Crippen molar-refractivity contribution in [1.82, 2.24) is 0 Å². The molecule has 0 spiro atoms. The maximum absolute atomic E-state index is 11.9. The molecule has 0 radical (unpaired) electrons. The number of hydrogen-bond donors (Lipinski definition) is 0. The summed E-state index contributed by atoms with van der Waals surface area (Å²) in [6, 6.07) is 4.62. The third kappa shape index (κ3) is 3.12. The van der Waals surface area contributed by atoms with Crippen molar-refractivity contribution < 1.29 is 13.5 Å². The zero-order chi connectivity index (χ0) is 9.84. The van der Waals surface area contributed by atoms with Gasteiger partial charge in [-0.2, -0.15) is 8.78 Å². The molecule has 0 aromatic heterocycles. The molecule has 1 aromatic rings. The summed E-state index contributed by atoms with van der Waals surface area (Å²) < 4.78 is 28.0. The first kappa shape index (κ1) is 10.7. The molecule has 0 amide bonds. The summed E-state index contributed by atoms with van der Waals surface area (Å²) in [5.41, 5.74) is 0.643. The van der Waals surface area contributed by atoms with E-state index in [2.05, 4.69) is 20.7 Å². The zero-order valence-corrected chi connectivity index (χ0v) is 8.78. The van der Waals surface area contributed by atoms with Gasteiger partial charge in [0.15, 0.2) is 0 Å². The predicted molar refractivity (Wildman–Crippen MR) is 50.7 cm³/mol. The van der Waals surface area contributed by atoms with E-state index in [1.165, 1.54) is 6.07 Å². The monoisotopic (exact) mass is 270 g/mol. The standard InChI is InChI=1S/C8H6BrClF2O/c9-4-5-1-2-6(10)3-7(5)13-8(11)12/h1-3,8H,4H2. The third-order valence-corrected chi connectivity index (χ3v) is 2.23. The Morgan fingerprint density at radius 1 is 1.46 bits per heavy atom. The average Bonchev–Trinajstić information content (AvgIpc) is 2.03. The van der Waals surface area contributed by atoms with Crippen molar-refractivity contribution in [1.29, 1.82) is 0 Å². The maximum atomic E-state index is 11.9. The number of hydrogen-bond acceptors (Lipinski definition) is 1. The lowest BCUT2D eigenvalue weighted by atomic mass is 10.2. The molecular formula is C8H6BrClF2O. The van der Waals surface area contributed by atoms with Gasteiger partial charge in [-0.1, -0.05) is 33.6 Å². The SMILES string of the molecule is FC(F)Oc1cc(Cl)ccc1CBr. The van der Waals surface area contributed by atoms with E-state index in [0.29, 0.717) is 15.9 Å². The molecule has 0 heterocycles. The molecule has 1 nitrogen and oxygen atoms in total. The van der Waals surface area contributed by atoms with Gasteiger partial charge in [0.05, 0.1) is 0 Å². The molecular weight excluding hydrogens is 265 g/mol. The minimum atomic E-state index is -2.82. The lowest BCUT2D eigenvalue weighted by molar-refractivity contribution is -0.0503. The summed E-state index contributed by atoms with van der Waals surface area (Å²) in [6.07, 6.45) is 0. The molecule has 0 unspecified atom stereocenters. The summed E-state index contributed by atoms with van der Waals surface area (Å²) in [4.78, 5) is 0. The van der Waals surface area contributed by atoms with E-state index in [9.17, 15) is 8.78 Å². The second-order valence-corrected chi connectivity index (χ2v) is 3.26. The first-order valence-corrected chi connectivity index (χ1v) is 4.92. The zero-order valence-electron chi connectivity index (χ0n) is 6.44. The van der Waals surface area contributed by atoms with Crippen molar-refractivity contribution in [3.63, 3.8) is 0 Å². The highest BCUT2D eigenvalue weighted by atomic mass is 79.9. The van der Waals surface area contributed by atoms with E-state index in [1.54, 1.807) is 12.1 Å². The van der Waals surface area contributed by atoms with Crippen LogP contribution in [-0.4, -0.2) is 6.61 Å².